The number of ether oxygens (including phenoxy) is 1. The van der Waals surface area contributed by atoms with Crippen LogP contribution in [0.15, 0.2) is 0 Å². The minimum Gasteiger partial charge on any atom is -0.459 e. The van der Waals surface area contributed by atoms with E-state index >= 15 is 0 Å². The summed E-state index contributed by atoms with van der Waals surface area (Å²) in [6.07, 6.45) is 1.71. The SMILES string of the molecule is CC(C)(C)CC(C)(C)C(C)(C)C(C)(C)C(C)(C(=O)OCC[N+](C)(C)CCCS(=O)O)C(C)(C)C. The fraction of sp³-hybridized carbons (Fsp3) is 0.964. The molecule has 0 fully saturated rings. The lowest BCUT2D eigenvalue weighted by molar-refractivity contribution is -0.890. The van der Waals surface area contributed by atoms with Crippen LogP contribution in [0.5, 0.6) is 0 Å². The van der Waals surface area contributed by atoms with Gasteiger partial charge in [0.05, 0.1) is 31.8 Å². The molecule has 1 N–H and O–H groups in total. The highest BCUT2D eigenvalue weighted by Crippen LogP contribution is 2.65. The summed E-state index contributed by atoms with van der Waals surface area (Å²) in [5.74, 6) is 0.137. The van der Waals surface area contributed by atoms with E-state index in [1.54, 1.807) is 0 Å². The standard InChI is InChI=1S/C28H57NO4S/c1-23(2,3)21-25(7,8)26(9,10)27(11,12)28(13,24(4,5)6)22(30)33-19-18-29(14,15)17-16-20-34(31)32/h16-21H2,1-15H3/p+1. The molecule has 0 bridgehead atoms. The highest BCUT2D eigenvalue weighted by molar-refractivity contribution is 7.79. The van der Waals surface area contributed by atoms with Crippen molar-refractivity contribution in [2.75, 3.05) is 39.5 Å². The van der Waals surface area contributed by atoms with E-state index < -0.39 is 16.5 Å². The Morgan fingerprint density at radius 3 is 1.68 bits per heavy atom. The Morgan fingerprint density at radius 2 is 1.29 bits per heavy atom. The first-order valence-electron chi connectivity index (χ1n) is 12.8. The highest BCUT2D eigenvalue weighted by atomic mass is 32.2. The van der Waals surface area contributed by atoms with E-state index in [2.05, 4.69) is 104 Å². The van der Waals surface area contributed by atoms with E-state index in [0.29, 0.717) is 24.1 Å². The predicted molar refractivity (Wildman–Crippen MR) is 146 cm³/mol. The quantitative estimate of drug-likeness (QED) is 0.181. The van der Waals surface area contributed by atoms with E-state index in [1.165, 1.54) is 0 Å². The summed E-state index contributed by atoms with van der Waals surface area (Å²) in [5, 5.41) is 0. The summed E-state index contributed by atoms with van der Waals surface area (Å²) in [6.45, 7) is 31.0. The molecule has 34 heavy (non-hydrogen) atoms. The largest absolute Gasteiger partial charge is 0.459 e. The summed E-state index contributed by atoms with van der Waals surface area (Å²) in [6, 6.07) is 0. The van der Waals surface area contributed by atoms with Gasteiger partial charge in [0.2, 0.25) is 0 Å². The molecule has 0 saturated carbocycles. The minimum absolute atomic E-state index is 0.00673. The Bertz CT molecular complexity index is 711. The van der Waals surface area contributed by atoms with Crippen LogP contribution in [-0.2, 0) is 20.6 Å². The Hall–Kier alpha value is -0.460. The van der Waals surface area contributed by atoms with Crippen LogP contribution in [0.2, 0.25) is 0 Å². The third kappa shape index (κ3) is 7.77. The van der Waals surface area contributed by atoms with Gasteiger partial charge in [-0.3, -0.25) is 4.79 Å². The number of quaternary nitrogens is 1. The fourth-order valence-electron chi connectivity index (χ4n) is 5.77. The van der Waals surface area contributed by atoms with Gasteiger partial charge in [0, 0.05) is 6.42 Å². The number of nitrogens with zero attached hydrogens (tertiary/aromatic N) is 1. The van der Waals surface area contributed by atoms with Crippen LogP contribution in [0.1, 0.15) is 103 Å². The molecule has 0 radical (unpaired) electrons. The number of hydrogen-bond acceptors (Lipinski definition) is 3. The normalized spacial score (nSPS) is 17.3. The van der Waals surface area contributed by atoms with E-state index in [0.717, 1.165) is 13.0 Å². The van der Waals surface area contributed by atoms with Gasteiger partial charge in [0.25, 0.3) is 0 Å². The Kier molecular flexibility index (Phi) is 10.7. The molecule has 0 saturated heterocycles. The zero-order valence-corrected chi connectivity index (χ0v) is 26.1. The van der Waals surface area contributed by atoms with Crippen molar-refractivity contribution in [3.8, 4) is 0 Å². The van der Waals surface area contributed by atoms with E-state index in [-0.39, 0.29) is 38.8 Å². The lowest BCUT2D eigenvalue weighted by Crippen LogP contribution is -2.61. The molecule has 0 aliphatic heterocycles. The zero-order chi connectivity index (χ0) is 27.6. The molecule has 0 aromatic rings. The van der Waals surface area contributed by atoms with Crippen molar-refractivity contribution in [3.05, 3.63) is 0 Å². The van der Waals surface area contributed by atoms with Gasteiger partial charge in [-0.25, -0.2) is 4.21 Å². The molecule has 0 amide bonds. The summed E-state index contributed by atoms with van der Waals surface area (Å²) in [7, 11) is 4.14. The van der Waals surface area contributed by atoms with Crippen molar-refractivity contribution >= 4 is 17.0 Å². The summed E-state index contributed by atoms with van der Waals surface area (Å²) in [4.78, 5) is 13.9. The number of carbonyl (C=O) groups excluding carboxylic acids is 1. The first kappa shape index (κ1) is 33.5. The van der Waals surface area contributed by atoms with Crippen molar-refractivity contribution in [2.24, 2.45) is 32.5 Å². The molecular formula is C28H58NO4S+. The first-order valence-corrected chi connectivity index (χ1v) is 14.1. The van der Waals surface area contributed by atoms with Crippen molar-refractivity contribution in [1.29, 1.82) is 0 Å². The van der Waals surface area contributed by atoms with Gasteiger partial charge in [-0.05, 0) is 40.4 Å². The smallest absolute Gasteiger partial charge is 0.313 e. The van der Waals surface area contributed by atoms with Crippen LogP contribution in [0.25, 0.3) is 0 Å². The summed E-state index contributed by atoms with van der Waals surface area (Å²) >= 11 is -1.76. The van der Waals surface area contributed by atoms with Gasteiger partial charge >= 0.3 is 5.97 Å². The lowest BCUT2D eigenvalue weighted by Gasteiger charge is -2.62. The molecular weight excluding hydrogens is 446 g/mol. The van der Waals surface area contributed by atoms with Crippen molar-refractivity contribution in [1.82, 2.24) is 0 Å². The Labute approximate surface area is 214 Å². The third-order valence-electron chi connectivity index (χ3n) is 9.40. The Morgan fingerprint density at radius 1 is 0.824 bits per heavy atom. The molecule has 6 heteroatoms. The maximum atomic E-state index is 13.9. The molecule has 2 unspecified atom stereocenters. The Balaban J connectivity index is 5.89. The van der Waals surface area contributed by atoms with Gasteiger partial charge in [0.15, 0.2) is 11.1 Å². The molecule has 0 aliphatic rings. The van der Waals surface area contributed by atoms with Gasteiger partial charge in [0.1, 0.15) is 13.2 Å². The number of hydrogen-bond donors (Lipinski definition) is 1. The number of carbonyl (C=O) groups is 1. The molecule has 204 valence electrons. The van der Waals surface area contributed by atoms with E-state index in [4.69, 9.17) is 9.29 Å². The third-order valence-corrected chi connectivity index (χ3v) is 10.0. The average molecular weight is 505 g/mol. The first-order chi connectivity index (χ1) is 14.8. The lowest BCUT2D eigenvalue weighted by atomic mass is 9.41. The summed E-state index contributed by atoms with van der Waals surface area (Å²) in [5.41, 5.74) is -1.38. The minimum atomic E-state index is -1.76. The van der Waals surface area contributed by atoms with Crippen LogP contribution >= 0.6 is 0 Å². The topological polar surface area (TPSA) is 63.6 Å². The van der Waals surface area contributed by atoms with Crippen molar-refractivity contribution in [2.45, 2.75) is 103 Å². The molecule has 2 atom stereocenters. The van der Waals surface area contributed by atoms with E-state index in [9.17, 15) is 9.00 Å². The molecule has 0 heterocycles. The maximum absolute atomic E-state index is 13.9. The molecule has 0 spiro atoms. The highest BCUT2D eigenvalue weighted by Gasteiger charge is 2.64. The number of rotatable bonds is 12. The zero-order valence-electron chi connectivity index (χ0n) is 25.3. The molecule has 0 aromatic carbocycles. The van der Waals surface area contributed by atoms with Crippen LogP contribution in [0.4, 0.5) is 0 Å². The van der Waals surface area contributed by atoms with Crippen molar-refractivity contribution < 1.29 is 22.8 Å². The monoisotopic (exact) mass is 504 g/mol. The van der Waals surface area contributed by atoms with E-state index in [1.807, 2.05) is 0 Å². The van der Waals surface area contributed by atoms with Gasteiger partial charge in [-0.1, -0.05) is 83.1 Å². The second-order valence-electron chi connectivity index (χ2n) is 15.1. The maximum Gasteiger partial charge on any atom is 0.313 e. The van der Waals surface area contributed by atoms with Crippen molar-refractivity contribution in [3.63, 3.8) is 0 Å². The predicted octanol–water partition coefficient (Wildman–Crippen LogP) is 6.79. The number of esters is 1. The van der Waals surface area contributed by atoms with Crippen LogP contribution in [-0.4, -0.2) is 58.8 Å². The summed E-state index contributed by atoms with van der Waals surface area (Å²) < 4.78 is 26.6. The second kappa shape index (κ2) is 10.9. The van der Waals surface area contributed by atoms with Gasteiger partial charge < -0.3 is 13.8 Å². The fourth-order valence-corrected chi connectivity index (χ4v) is 6.15. The molecule has 0 rings (SSSR count). The molecule has 0 aliphatic carbocycles. The van der Waals surface area contributed by atoms with Crippen LogP contribution < -0.4 is 0 Å². The molecule has 0 aromatic heterocycles. The second-order valence-corrected chi connectivity index (χ2v) is 16.2. The van der Waals surface area contributed by atoms with Crippen LogP contribution in [0.3, 0.4) is 0 Å². The number of likely N-dealkylation sites (N-methyl/N-ethyl adjacent to an activating group) is 1. The van der Waals surface area contributed by atoms with Gasteiger partial charge in [-0.2, -0.15) is 0 Å². The van der Waals surface area contributed by atoms with Crippen LogP contribution in [0, 0.1) is 32.5 Å². The molecule has 5 nitrogen and oxygen atoms in total. The van der Waals surface area contributed by atoms with Gasteiger partial charge in [-0.15, -0.1) is 0 Å². The average Bonchev–Trinajstić information content (AvgIpc) is 2.56.